The van der Waals surface area contributed by atoms with Crippen molar-refractivity contribution >= 4 is 0 Å². The average Bonchev–Trinajstić information content (AvgIpc) is 1.97. The third-order valence-electron chi connectivity index (χ3n) is 1.52. The van der Waals surface area contributed by atoms with Crippen LogP contribution >= 0.6 is 0 Å². The molecule has 11 heavy (non-hydrogen) atoms. The van der Waals surface area contributed by atoms with Gasteiger partial charge in [-0.3, -0.25) is 0 Å². The van der Waals surface area contributed by atoms with Crippen molar-refractivity contribution in [1.29, 1.82) is 0 Å². The van der Waals surface area contributed by atoms with Gasteiger partial charge in [-0.15, -0.1) is 0 Å². The summed E-state index contributed by atoms with van der Waals surface area (Å²) >= 11 is 0. The minimum absolute atomic E-state index is 0.570. The second-order valence-corrected chi connectivity index (χ2v) is 2.72. The molecule has 0 saturated carbocycles. The summed E-state index contributed by atoms with van der Waals surface area (Å²) in [6.07, 6.45) is 5.57. The van der Waals surface area contributed by atoms with Crippen molar-refractivity contribution in [3.8, 4) is 0 Å². The summed E-state index contributed by atoms with van der Waals surface area (Å²) < 4.78 is 0. The molecule has 0 aromatic carbocycles. The Bertz CT molecular complexity index is 154. The lowest BCUT2D eigenvalue weighted by Crippen LogP contribution is -2.12. The van der Waals surface area contributed by atoms with Gasteiger partial charge >= 0.3 is 0 Å². The van der Waals surface area contributed by atoms with Crippen LogP contribution in [0.25, 0.3) is 0 Å². The lowest BCUT2D eigenvalue weighted by Gasteiger charge is -2.09. The van der Waals surface area contributed by atoms with Crippen molar-refractivity contribution in [3.05, 3.63) is 37.1 Å². The highest BCUT2D eigenvalue weighted by molar-refractivity contribution is 5.14. The van der Waals surface area contributed by atoms with Crippen molar-refractivity contribution in [3.63, 3.8) is 0 Å². The molecule has 0 heterocycles. The first-order valence-electron chi connectivity index (χ1n) is 3.88. The van der Waals surface area contributed by atoms with E-state index >= 15 is 0 Å². The first-order valence-corrected chi connectivity index (χ1v) is 3.88. The quantitative estimate of drug-likeness (QED) is 0.595. The van der Waals surface area contributed by atoms with E-state index in [1.807, 2.05) is 12.2 Å². The number of rotatable bonds is 5. The highest BCUT2D eigenvalue weighted by atomic mass is 14.8. The molecule has 1 heteroatoms. The lowest BCUT2D eigenvalue weighted by molar-refractivity contribution is 0.719. The maximum Gasteiger partial charge on any atom is 0.0360 e. The number of nitrogens with one attached hydrogen (secondary N) is 1. The van der Waals surface area contributed by atoms with Gasteiger partial charge in [-0.1, -0.05) is 39.2 Å². The lowest BCUT2D eigenvalue weighted by atomic mass is 10.0. The first-order chi connectivity index (χ1) is 5.22. The van der Waals surface area contributed by atoms with E-state index in [1.165, 1.54) is 5.57 Å². The number of allylic oxidation sites excluding steroid dienone is 2. The Morgan fingerprint density at radius 1 is 1.45 bits per heavy atom. The van der Waals surface area contributed by atoms with Crippen LogP contribution in [0.3, 0.4) is 0 Å². The molecule has 0 rings (SSSR count). The van der Waals surface area contributed by atoms with Gasteiger partial charge in [0.2, 0.25) is 0 Å². The second kappa shape index (κ2) is 5.78. The summed E-state index contributed by atoms with van der Waals surface area (Å²) in [5, 5.41) is 3.06. The summed E-state index contributed by atoms with van der Waals surface area (Å²) in [4.78, 5) is 0. The van der Waals surface area contributed by atoms with Crippen LogP contribution in [0.4, 0.5) is 0 Å². The highest BCUT2D eigenvalue weighted by Crippen LogP contribution is 2.07. The van der Waals surface area contributed by atoms with Gasteiger partial charge in [0.05, 0.1) is 0 Å². The van der Waals surface area contributed by atoms with Gasteiger partial charge in [-0.05, 0) is 17.7 Å². The van der Waals surface area contributed by atoms with E-state index in [0.29, 0.717) is 5.92 Å². The Morgan fingerprint density at radius 3 is 2.45 bits per heavy atom. The number of hydrogen-bond donors (Lipinski definition) is 1. The van der Waals surface area contributed by atoms with Gasteiger partial charge in [-0.2, -0.15) is 0 Å². The van der Waals surface area contributed by atoms with Crippen molar-refractivity contribution in [1.82, 2.24) is 5.32 Å². The Labute approximate surface area is 69.5 Å². The van der Waals surface area contributed by atoms with Gasteiger partial charge in [0, 0.05) is 6.54 Å². The number of hydrogen-bond acceptors (Lipinski definition) is 1. The standard InChI is InChI=1S/C10H17N/c1-5-7-10(9(3)4)8-11-6-2/h5-7,9,11H,1-2,8H2,3-4H3/b10-7+. The first kappa shape index (κ1) is 10.0. The Hall–Kier alpha value is -0.980. The molecule has 0 bridgehead atoms. The maximum atomic E-state index is 3.66. The molecule has 0 aliphatic rings. The van der Waals surface area contributed by atoms with Gasteiger partial charge in [-0.25, -0.2) is 0 Å². The van der Waals surface area contributed by atoms with Crippen molar-refractivity contribution < 1.29 is 0 Å². The van der Waals surface area contributed by atoms with Crippen LogP contribution in [0.5, 0.6) is 0 Å². The molecule has 0 radical (unpaired) electrons. The second-order valence-electron chi connectivity index (χ2n) is 2.72. The van der Waals surface area contributed by atoms with E-state index < -0.39 is 0 Å². The molecule has 0 fully saturated rings. The Morgan fingerprint density at radius 2 is 2.09 bits per heavy atom. The fourth-order valence-corrected chi connectivity index (χ4v) is 0.797. The molecular weight excluding hydrogens is 134 g/mol. The van der Waals surface area contributed by atoms with Gasteiger partial charge in [0.25, 0.3) is 0 Å². The van der Waals surface area contributed by atoms with Crippen molar-refractivity contribution in [2.45, 2.75) is 13.8 Å². The molecule has 0 saturated heterocycles. The van der Waals surface area contributed by atoms with Crippen molar-refractivity contribution in [2.24, 2.45) is 5.92 Å². The van der Waals surface area contributed by atoms with E-state index in [0.717, 1.165) is 6.54 Å². The Balaban J connectivity index is 3.99. The van der Waals surface area contributed by atoms with E-state index in [9.17, 15) is 0 Å². The SMILES string of the molecule is C=C/C=C(\CNC=C)C(C)C. The summed E-state index contributed by atoms with van der Waals surface area (Å²) in [6.45, 7) is 12.5. The van der Waals surface area contributed by atoms with Crippen LogP contribution in [0.15, 0.2) is 37.1 Å². The Kier molecular flexibility index (Phi) is 5.26. The average molecular weight is 151 g/mol. The third kappa shape index (κ3) is 4.43. The third-order valence-corrected chi connectivity index (χ3v) is 1.52. The topological polar surface area (TPSA) is 12.0 Å². The van der Waals surface area contributed by atoms with Crippen LogP contribution in [0.2, 0.25) is 0 Å². The molecule has 1 N–H and O–H groups in total. The molecular formula is C10H17N. The zero-order chi connectivity index (χ0) is 8.69. The van der Waals surface area contributed by atoms with Crippen LogP contribution in [-0.4, -0.2) is 6.54 Å². The van der Waals surface area contributed by atoms with Crippen LogP contribution in [0, 0.1) is 5.92 Å². The largest absolute Gasteiger partial charge is 0.388 e. The summed E-state index contributed by atoms with van der Waals surface area (Å²) in [6, 6.07) is 0. The minimum atomic E-state index is 0.570. The normalized spacial score (nSPS) is 11.4. The molecule has 0 spiro atoms. The summed E-state index contributed by atoms with van der Waals surface area (Å²) in [7, 11) is 0. The van der Waals surface area contributed by atoms with Crippen molar-refractivity contribution in [2.75, 3.05) is 6.54 Å². The van der Waals surface area contributed by atoms with Gasteiger partial charge < -0.3 is 5.32 Å². The smallest absolute Gasteiger partial charge is 0.0360 e. The molecule has 0 aliphatic carbocycles. The molecule has 0 unspecified atom stereocenters. The zero-order valence-corrected chi connectivity index (χ0v) is 7.43. The molecule has 0 aromatic rings. The monoisotopic (exact) mass is 151 g/mol. The minimum Gasteiger partial charge on any atom is -0.388 e. The molecule has 0 aromatic heterocycles. The van der Waals surface area contributed by atoms with E-state index in [4.69, 9.17) is 0 Å². The zero-order valence-electron chi connectivity index (χ0n) is 7.43. The van der Waals surface area contributed by atoms with Crippen LogP contribution < -0.4 is 5.32 Å². The van der Waals surface area contributed by atoms with E-state index in [1.54, 1.807) is 6.20 Å². The fourth-order valence-electron chi connectivity index (χ4n) is 0.797. The van der Waals surface area contributed by atoms with E-state index in [2.05, 4.69) is 32.3 Å². The van der Waals surface area contributed by atoms with Crippen LogP contribution in [-0.2, 0) is 0 Å². The molecule has 62 valence electrons. The van der Waals surface area contributed by atoms with Gasteiger partial charge in [0.15, 0.2) is 0 Å². The van der Waals surface area contributed by atoms with E-state index in [-0.39, 0.29) is 0 Å². The fraction of sp³-hybridized carbons (Fsp3) is 0.400. The highest BCUT2D eigenvalue weighted by Gasteiger charge is 1.99. The van der Waals surface area contributed by atoms with Gasteiger partial charge in [0.1, 0.15) is 0 Å². The predicted octanol–water partition coefficient (Wildman–Crippen LogP) is 2.49. The maximum absolute atomic E-state index is 3.66. The molecule has 0 amide bonds. The molecule has 0 atom stereocenters. The summed E-state index contributed by atoms with van der Waals surface area (Å²) in [5.74, 6) is 0.570. The predicted molar refractivity (Wildman–Crippen MR) is 51.3 cm³/mol. The summed E-state index contributed by atoms with van der Waals surface area (Å²) in [5.41, 5.74) is 1.35. The molecule has 0 aliphatic heterocycles. The van der Waals surface area contributed by atoms with Crippen LogP contribution in [0.1, 0.15) is 13.8 Å². The molecule has 1 nitrogen and oxygen atoms in total.